The number of hydrogen-bond acceptors (Lipinski definition) is 0. The topological polar surface area (TPSA) is 19.9 Å². The van der Waals surface area contributed by atoms with Crippen LogP contribution in [0.3, 0.4) is 0 Å². The third-order valence-corrected chi connectivity index (χ3v) is 2.82. The van der Waals surface area contributed by atoms with Crippen LogP contribution in [0.25, 0.3) is 0 Å². The van der Waals surface area contributed by atoms with Crippen molar-refractivity contribution in [3.8, 4) is 0 Å². The fraction of sp³-hybridized carbons (Fsp3) is 1.00. The Kier molecular flexibility index (Phi) is 9.18. The first kappa shape index (κ1) is 15.0. The minimum absolute atomic E-state index is 0.117. The maximum absolute atomic E-state index is 10.2. The zero-order valence-corrected chi connectivity index (χ0v) is 11.0. The lowest BCUT2D eigenvalue weighted by Crippen LogP contribution is -2.03. The maximum atomic E-state index is 10.2. The first-order chi connectivity index (χ1) is 7.06. The van der Waals surface area contributed by atoms with Gasteiger partial charge >= 0.3 is 0 Å². The quantitative estimate of drug-likeness (QED) is 0.482. The Hall–Kier alpha value is -0.0400. The van der Waals surface area contributed by atoms with Crippen molar-refractivity contribution in [1.82, 2.24) is 0 Å². The van der Waals surface area contributed by atoms with Crippen LogP contribution in [0.15, 0.2) is 0 Å². The molecule has 0 heterocycles. The molecular formula is C14H29O. The van der Waals surface area contributed by atoms with Crippen LogP contribution in [0.1, 0.15) is 78.6 Å². The van der Waals surface area contributed by atoms with E-state index in [1.54, 1.807) is 0 Å². The Balaban J connectivity index is 2.99. The largest absolute Gasteiger partial charge is 0.237 e. The van der Waals surface area contributed by atoms with Crippen LogP contribution < -0.4 is 0 Å². The van der Waals surface area contributed by atoms with E-state index < -0.39 is 0 Å². The summed E-state index contributed by atoms with van der Waals surface area (Å²) < 4.78 is 0. The molecule has 0 saturated carbocycles. The molecule has 0 amide bonds. The Morgan fingerprint density at radius 3 is 1.47 bits per heavy atom. The molecule has 0 atom stereocenters. The van der Waals surface area contributed by atoms with Crippen molar-refractivity contribution >= 4 is 0 Å². The predicted molar refractivity (Wildman–Crippen MR) is 66.6 cm³/mol. The van der Waals surface area contributed by atoms with Crippen molar-refractivity contribution in [1.29, 1.82) is 0 Å². The van der Waals surface area contributed by atoms with E-state index in [0.717, 1.165) is 12.8 Å². The molecular weight excluding hydrogens is 184 g/mol. The average molecular weight is 213 g/mol. The third-order valence-electron chi connectivity index (χ3n) is 2.82. The van der Waals surface area contributed by atoms with Crippen molar-refractivity contribution in [2.75, 3.05) is 6.61 Å². The molecule has 0 aromatic heterocycles. The summed E-state index contributed by atoms with van der Waals surface area (Å²) in [5, 5.41) is 10.2. The number of hydrogen-bond donors (Lipinski definition) is 0. The predicted octanol–water partition coefficient (Wildman–Crippen LogP) is 4.97. The van der Waals surface area contributed by atoms with Crippen molar-refractivity contribution < 1.29 is 5.11 Å². The second-order valence-corrected chi connectivity index (χ2v) is 5.84. The minimum Gasteiger partial charge on any atom is -0.237 e. The van der Waals surface area contributed by atoms with Gasteiger partial charge in [0.1, 0.15) is 0 Å². The van der Waals surface area contributed by atoms with Gasteiger partial charge in [0.15, 0.2) is 0 Å². The lowest BCUT2D eigenvalue weighted by Gasteiger charge is -2.17. The second kappa shape index (κ2) is 9.21. The first-order valence-electron chi connectivity index (χ1n) is 6.64. The molecule has 91 valence electrons. The van der Waals surface area contributed by atoms with Crippen LogP contribution in [-0.4, -0.2) is 6.61 Å². The normalized spacial score (nSPS) is 12.0. The third kappa shape index (κ3) is 14.0. The van der Waals surface area contributed by atoms with E-state index in [1.807, 2.05) is 0 Å². The Morgan fingerprint density at radius 2 is 1.07 bits per heavy atom. The lowest BCUT2D eigenvalue weighted by molar-refractivity contribution is 0.186. The van der Waals surface area contributed by atoms with Gasteiger partial charge in [0, 0.05) is 0 Å². The van der Waals surface area contributed by atoms with E-state index in [9.17, 15) is 5.11 Å². The van der Waals surface area contributed by atoms with Crippen LogP contribution in [0.2, 0.25) is 0 Å². The van der Waals surface area contributed by atoms with Gasteiger partial charge < -0.3 is 0 Å². The molecule has 0 unspecified atom stereocenters. The lowest BCUT2D eigenvalue weighted by atomic mass is 9.89. The molecule has 1 radical (unpaired) electrons. The zero-order chi connectivity index (χ0) is 11.6. The molecule has 0 aliphatic carbocycles. The van der Waals surface area contributed by atoms with Crippen LogP contribution in [0.4, 0.5) is 0 Å². The smallest absolute Gasteiger partial charge is 0.0822 e. The van der Waals surface area contributed by atoms with Crippen LogP contribution in [0, 0.1) is 5.41 Å². The van der Waals surface area contributed by atoms with E-state index in [2.05, 4.69) is 20.8 Å². The van der Waals surface area contributed by atoms with E-state index in [0.29, 0.717) is 5.41 Å². The van der Waals surface area contributed by atoms with E-state index in [-0.39, 0.29) is 6.61 Å². The summed E-state index contributed by atoms with van der Waals surface area (Å²) in [5.41, 5.74) is 0.508. The minimum atomic E-state index is 0.117. The molecule has 1 nitrogen and oxygen atoms in total. The molecule has 0 spiro atoms. The number of unbranched alkanes of at least 4 members (excludes halogenated alkanes) is 7. The van der Waals surface area contributed by atoms with Gasteiger partial charge in [-0.1, -0.05) is 65.7 Å². The van der Waals surface area contributed by atoms with Crippen LogP contribution in [0.5, 0.6) is 0 Å². The fourth-order valence-corrected chi connectivity index (χ4v) is 1.82. The summed E-state index contributed by atoms with van der Waals surface area (Å²) in [6, 6.07) is 0. The molecule has 0 aromatic carbocycles. The van der Waals surface area contributed by atoms with E-state index in [1.165, 1.54) is 44.9 Å². The fourth-order valence-electron chi connectivity index (χ4n) is 1.82. The SMILES string of the molecule is CC(C)(C)CCCCCCCCCC[O]. The Bertz CT molecular complexity index is 124. The standard InChI is InChI=1S/C14H29O/c1-14(2,3)12-10-8-6-4-5-7-9-11-13-15/h4-13H2,1-3H3. The highest BCUT2D eigenvalue weighted by Gasteiger charge is 2.08. The van der Waals surface area contributed by atoms with Gasteiger partial charge in [0.2, 0.25) is 0 Å². The Labute approximate surface area is 96.3 Å². The summed E-state index contributed by atoms with van der Waals surface area (Å²) in [6.45, 7) is 7.06. The van der Waals surface area contributed by atoms with Crippen molar-refractivity contribution in [3.63, 3.8) is 0 Å². The molecule has 15 heavy (non-hydrogen) atoms. The highest BCUT2D eigenvalue weighted by molar-refractivity contribution is 4.60. The highest BCUT2D eigenvalue weighted by atomic mass is 16.2. The van der Waals surface area contributed by atoms with Gasteiger partial charge in [0.05, 0.1) is 6.61 Å². The summed E-state index contributed by atoms with van der Waals surface area (Å²) in [7, 11) is 0. The molecule has 0 aliphatic heterocycles. The van der Waals surface area contributed by atoms with Crippen molar-refractivity contribution in [2.45, 2.75) is 78.6 Å². The van der Waals surface area contributed by atoms with Crippen molar-refractivity contribution in [2.24, 2.45) is 5.41 Å². The maximum Gasteiger partial charge on any atom is 0.0822 e. The molecule has 1 heteroatoms. The summed E-state index contributed by atoms with van der Waals surface area (Å²) >= 11 is 0. The van der Waals surface area contributed by atoms with Crippen LogP contribution in [-0.2, 0) is 5.11 Å². The second-order valence-electron chi connectivity index (χ2n) is 5.84. The monoisotopic (exact) mass is 213 g/mol. The van der Waals surface area contributed by atoms with Gasteiger partial charge in [-0.15, -0.1) is 0 Å². The van der Waals surface area contributed by atoms with Gasteiger partial charge in [-0.05, 0) is 18.3 Å². The van der Waals surface area contributed by atoms with E-state index >= 15 is 0 Å². The van der Waals surface area contributed by atoms with Gasteiger partial charge in [-0.3, -0.25) is 0 Å². The van der Waals surface area contributed by atoms with Crippen LogP contribution >= 0.6 is 0 Å². The molecule has 0 saturated heterocycles. The average Bonchev–Trinajstić information content (AvgIpc) is 2.14. The van der Waals surface area contributed by atoms with Gasteiger partial charge in [-0.2, -0.15) is 0 Å². The van der Waals surface area contributed by atoms with Gasteiger partial charge in [0.25, 0.3) is 0 Å². The van der Waals surface area contributed by atoms with Gasteiger partial charge in [-0.25, -0.2) is 5.11 Å². The summed E-state index contributed by atoms with van der Waals surface area (Å²) in [5.74, 6) is 0. The molecule has 0 aromatic rings. The molecule has 0 aliphatic rings. The summed E-state index contributed by atoms with van der Waals surface area (Å²) in [4.78, 5) is 0. The first-order valence-corrected chi connectivity index (χ1v) is 6.64. The summed E-state index contributed by atoms with van der Waals surface area (Å²) in [6.07, 6.45) is 11.5. The Morgan fingerprint density at radius 1 is 0.667 bits per heavy atom. The molecule has 0 fully saturated rings. The molecule has 0 rings (SSSR count). The molecule has 0 N–H and O–H groups in total. The highest BCUT2D eigenvalue weighted by Crippen LogP contribution is 2.22. The number of rotatable bonds is 9. The van der Waals surface area contributed by atoms with E-state index in [4.69, 9.17) is 0 Å². The zero-order valence-electron chi connectivity index (χ0n) is 11.0. The van der Waals surface area contributed by atoms with Crippen molar-refractivity contribution in [3.05, 3.63) is 0 Å². The molecule has 0 bridgehead atoms.